The fraction of sp³-hybridized carbons (Fsp3) is 0.267. The smallest absolute Gasteiger partial charge is 0.0932 e. The van der Waals surface area contributed by atoms with Crippen molar-refractivity contribution >= 4 is 11.0 Å². The number of nitrogens with one attached hydrogen (secondary N) is 1. The first-order valence-corrected chi connectivity index (χ1v) is 6.42. The van der Waals surface area contributed by atoms with Gasteiger partial charge in [-0.2, -0.15) is 0 Å². The Balaban J connectivity index is 1.88. The fourth-order valence-electron chi connectivity index (χ4n) is 2.38. The van der Waals surface area contributed by atoms with Crippen molar-refractivity contribution in [3.8, 4) is 0 Å². The van der Waals surface area contributed by atoms with Crippen LogP contribution in [0.4, 0.5) is 0 Å². The number of aromatic amines is 1. The van der Waals surface area contributed by atoms with Gasteiger partial charge in [-0.25, -0.2) is 4.98 Å². The molecule has 3 nitrogen and oxygen atoms in total. The van der Waals surface area contributed by atoms with E-state index in [0.717, 1.165) is 24.0 Å². The van der Waals surface area contributed by atoms with Gasteiger partial charge in [0.2, 0.25) is 0 Å². The van der Waals surface area contributed by atoms with Crippen LogP contribution in [-0.4, -0.2) is 14.5 Å². The van der Waals surface area contributed by atoms with Gasteiger partial charge in [-0.05, 0) is 29.7 Å². The number of imidazole rings is 1. The molecule has 92 valence electrons. The number of benzene rings is 1. The minimum atomic E-state index is 0.881. The second kappa shape index (κ2) is 4.69. The molecule has 0 aliphatic heterocycles. The second-order valence-corrected chi connectivity index (χ2v) is 4.66. The Morgan fingerprint density at radius 2 is 2.22 bits per heavy atom. The lowest BCUT2D eigenvalue weighted by Gasteiger charge is -2.04. The lowest BCUT2D eigenvalue weighted by atomic mass is 10.2. The van der Waals surface area contributed by atoms with Crippen LogP contribution in [0.25, 0.3) is 11.0 Å². The van der Waals surface area contributed by atoms with Crippen LogP contribution in [0.15, 0.2) is 43.0 Å². The number of rotatable bonds is 4. The summed E-state index contributed by atoms with van der Waals surface area (Å²) in [7, 11) is 0. The fourth-order valence-corrected chi connectivity index (χ4v) is 2.38. The van der Waals surface area contributed by atoms with Crippen molar-refractivity contribution in [2.45, 2.75) is 26.3 Å². The summed E-state index contributed by atoms with van der Waals surface area (Å²) in [6, 6.07) is 8.48. The van der Waals surface area contributed by atoms with Gasteiger partial charge in [0.05, 0.1) is 17.4 Å². The second-order valence-electron chi connectivity index (χ2n) is 4.66. The van der Waals surface area contributed by atoms with E-state index in [9.17, 15) is 0 Å². The molecule has 2 heterocycles. The molecule has 0 spiro atoms. The minimum absolute atomic E-state index is 0.881. The summed E-state index contributed by atoms with van der Waals surface area (Å²) in [6.07, 6.45) is 8.48. The molecule has 0 amide bonds. The highest BCUT2D eigenvalue weighted by molar-refractivity contribution is 5.78. The first kappa shape index (κ1) is 11.1. The van der Waals surface area contributed by atoms with E-state index in [2.05, 4.69) is 58.1 Å². The Hall–Kier alpha value is -2.03. The molecule has 18 heavy (non-hydrogen) atoms. The predicted molar refractivity (Wildman–Crippen MR) is 73.6 cm³/mol. The van der Waals surface area contributed by atoms with Crippen LogP contribution in [-0.2, 0) is 13.0 Å². The summed E-state index contributed by atoms with van der Waals surface area (Å²) in [5, 5.41) is 0. The lowest BCUT2D eigenvalue weighted by Crippen LogP contribution is -1.97. The molecule has 0 atom stereocenters. The van der Waals surface area contributed by atoms with Gasteiger partial charge in [0.15, 0.2) is 0 Å². The third kappa shape index (κ3) is 2.04. The van der Waals surface area contributed by atoms with E-state index < -0.39 is 0 Å². The number of fused-ring (bicyclic) bond motifs is 1. The zero-order valence-corrected chi connectivity index (χ0v) is 10.6. The summed E-state index contributed by atoms with van der Waals surface area (Å²) in [6.45, 7) is 3.09. The lowest BCUT2D eigenvalue weighted by molar-refractivity contribution is 0.802. The zero-order chi connectivity index (χ0) is 12.4. The maximum atomic E-state index is 4.39. The standard InChI is InChI=1S/C15H17N3/c1-2-4-12-7-8-18(9-12)10-13-5-3-6-14-15(13)17-11-16-14/h3,5-9,11H,2,4,10H2,1H3,(H,16,17). The Kier molecular flexibility index (Phi) is 2.89. The Labute approximate surface area is 106 Å². The number of hydrogen-bond acceptors (Lipinski definition) is 1. The van der Waals surface area contributed by atoms with Crippen molar-refractivity contribution in [1.29, 1.82) is 0 Å². The van der Waals surface area contributed by atoms with Crippen molar-refractivity contribution in [2.24, 2.45) is 0 Å². The molecule has 0 aliphatic carbocycles. The number of para-hydroxylation sites is 1. The maximum absolute atomic E-state index is 4.39. The van der Waals surface area contributed by atoms with E-state index in [4.69, 9.17) is 0 Å². The molecule has 3 aromatic rings. The molecule has 2 aromatic heterocycles. The molecule has 0 bridgehead atoms. The minimum Gasteiger partial charge on any atom is -0.350 e. The summed E-state index contributed by atoms with van der Waals surface area (Å²) in [4.78, 5) is 7.54. The van der Waals surface area contributed by atoms with Crippen LogP contribution in [0, 0.1) is 0 Å². The van der Waals surface area contributed by atoms with E-state index in [1.54, 1.807) is 6.33 Å². The van der Waals surface area contributed by atoms with Gasteiger partial charge in [-0.1, -0.05) is 25.5 Å². The molecular formula is C15H17N3. The van der Waals surface area contributed by atoms with E-state index in [1.807, 2.05) is 0 Å². The van der Waals surface area contributed by atoms with Crippen molar-refractivity contribution < 1.29 is 0 Å². The third-order valence-electron chi connectivity index (χ3n) is 3.24. The van der Waals surface area contributed by atoms with Crippen LogP contribution >= 0.6 is 0 Å². The normalized spacial score (nSPS) is 11.2. The molecule has 0 saturated carbocycles. The molecule has 3 rings (SSSR count). The Bertz CT molecular complexity index is 648. The number of nitrogens with zero attached hydrogens (tertiary/aromatic N) is 2. The van der Waals surface area contributed by atoms with Crippen molar-refractivity contribution in [3.05, 3.63) is 54.1 Å². The highest BCUT2D eigenvalue weighted by Crippen LogP contribution is 2.16. The van der Waals surface area contributed by atoms with Crippen molar-refractivity contribution in [1.82, 2.24) is 14.5 Å². The van der Waals surface area contributed by atoms with Crippen LogP contribution in [0.2, 0.25) is 0 Å². The van der Waals surface area contributed by atoms with Gasteiger partial charge in [0, 0.05) is 18.9 Å². The monoisotopic (exact) mass is 239 g/mol. The molecule has 0 fully saturated rings. The molecule has 0 aliphatic rings. The first-order chi connectivity index (χ1) is 8.86. The SMILES string of the molecule is CCCc1ccn(Cc2cccc3[nH]cnc23)c1. The molecule has 0 radical (unpaired) electrons. The summed E-state index contributed by atoms with van der Waals surface area (Å²) < 4.78 is 2.23. The van der Waals surface area contributed by atoms with Crippen LogP contribution in [0.5, 0.6) is 0 Å². The average Bonchev–Trinajstić information content (AvgIpc) is 2.99. The third-order valence-corrected chi connectivity index (χ3v) is 3.24. The molecule has 0 saturated heterocycles. The van der Waals surface area contributed by atoms with E-state index in [0.29, 0.717) is 0 Å². The molecule has 1 aromatic carbocycles. The van der Waals surface area contributed by atoms with Crippen LogP contribution in [0.3, 0.4) is 0 Å². The Morgan fingerprint density at radius 1 is 1.28 bits per heavy atom. The van der Waals surface area contributed by atoms with Crippen molar-refractivity contribution in [2.75, 3.05) is 0 Å². The Morgan fingerprint density at radius 3 is 3.11 bits per heavy atom. The highest BCUT2D eigenvalue weighted by Gasteiger charge is 2.04. The average molecular weight is 239 g/mol. The topological polar surface area (TPSA) is 33.6 Å². The summed E-state index contributed by atoms with van der Waals surface area (Å²) in [5.74, 6) is 0. The van der Waals surface area contributed by atoms with E-state index in [1.165, 1.54) is 17.5 Å². The quantitative estimate of drug-likeness (QED) is 0.744. The highest BCUT2D eigenvalue weighted by atomic mass is 14.9. The van der Waals surface area contributed by atoms with Gasteiger partial charge in [0.25, 0.3) is 0 Å². The van der Waals surface area contributed by atoms with Crippen LogP contribution in [0.1, 0.15) is 24.5 Å². The molecule has 3 heteroatoms. The number of aromatic nitrogens is 3. The molecule has 1 N–H and O–H groups in total. The maximum Gasteiger partial charge on any atom is 0.0932 e. The zero-order valence-electron chi connectivity index (χ0n) is 10.6. The summed E-state index contributed by atoms with van der Waals surface area (Å²) >= 11 is 0. The molecule has 0 unspecified atom stereocenters. The number of aryl methyl sites for hydroxylation is 1. The number of H-pyrrole nitrogens is 1. The largest absolute Gasteiger partial charge is 0.350 e. The predicted octanol–water partition coefficient (Wildman–Crippen LogP) is 3.37. The number of hydrogen-bond donors (Lipinski definition) is 1. The first-order valence-electron chi connectivity index (χ1n) is 6.42. The van der Waals surface area contributed by atoms with E-state index in [-0.39, 0.29) is 0 Å². The van der Waals surface area contributed by atoms with Crippen molar-refractivity contribution in [3.63, 3.8) is 0 Å². The van der Waals surface area contributed by atoms with Gasteiger partial charge < -0.3 is 9.55 Å². The van der Waals surface area contributed by atoms with E-state index >= 15 is 0 Å². The molecular weight excluding hydrogens is 222 g/mol. The van der Waals surface area contributed by atoms with Gasteiger partial charge in [-0.15, -0.1) is 0 Å². The van der Waals surface area contributed by atoms with Gasteiger partial charge >= 0.3 is 0 Å². The van der Waals surface area contributed by atoms with Gasteiger partial charge in [-0.3, -0.25) is 0 Å². The summed E-state index contributed by atoms with van der Waals surface area (Å²) in [5.41, 5.74) is 4.84. The van der Waals surface area contributed by atoms with Gasteiger partial charge in [0.1, 0.15) is 0 Å². The van der Waals surface area contributed by atoms with Crippen LogP contribution < -0.4 is 0 Å².